The van der Waals surface area contributed by atoms with E-state index in [0.717, 1.165) is 11.3 Å². The third-order valence-electron chi connectivity index (χ3n) is 3.83. The van der Waals surface area contributed by atoms with Crippen molar-refractivity contribution in [2.24, 2.45) is 0 Å². The first-order chi connectivity index (χ1) is 13.3. The van der Waals surface area contributed by atoms with Crippen molar-refractivity contribution in [3.8, 4) is 0 Å². The lowest BCUT2D eigenvalue weighted by Crippen LogP contribution is -2.24. The van der Waals surface area contributed by atoms with Gasteiger partial charge in [-0.1, -0.05) is 23.7 Å². The number of halogens is 1. The molecule has 0 radical (unpaired) electrons. The molecule has 0 atom stereocenters. The van der Waals surface area contributed by atoms with Crippen LogP contribution in [0.25, 0.3) is 0 Å². The first-order valence-corrected chi connectivity index (χ1v) is 11.5. The molecule has 28 heavy (non-hydrogen) atoms. The maximum absolute atomic E-state index is 12.1. The standard InChI is InChI=1S/C19H18ClN3O3S2/c1-28(25,26)17-8-6-15(7-9-17)22-19-23-16(12-27-19)10-18(24)21-11-13-2-4-14(20)5-3-13/h2-9,12H,10-11H2,1H3,(H,21,24)(H,22,23). The molecular formula is C19H18ClN3O3S2. The molecule has 3 aromatic rings. The Bertz CT molecular complexity index is 1060. The molecule has 0 bridgehead atoms. The smallest absolute Gasteiger partial charge is 0.226 e. The normalized spacial score (nSPS) is 11.2. The van der Waals surface area contributed by atoms with E-state index in [9.17, 15) is 13.2 Å². The van der Waals surface area contributed by atoms with Gasteiger partial charge in [-0.25, -0.2) is 13.4 Å². The molecular weight excluding hydrogens is 418 g/mol. The zero-order valence-electron chi connectivity index (χ0n) is 15.0. The SMILES string of the molecule is CS(=O)(=O)c1ccc(Nc2nc(CC(=O)NCc3ccc(Cl)cc3)cs2)cc1. The lowest BCUT2D eigenvalue weighted by Gasteiger charge is -2.05. The van der Waals surface area contributed by atoms with Gasteiger partial charge in [-0.2, -0.15) is 0 Å². The molecule has 1 aromatic heterocycles. The van der Waals surface area contributed by atoms with Crippen LogP contribution in [0.15, 0.2) is 58.8 Å². The van der Waals surface area contributed by atoms with Crippen LogP contribution in [0, 0.1) is 0 Å². The Morgan fingerprint density at radius 2 is 1.79 bits per heavy atom. The second kappa shape index (κ2) is 8.72. The number of nitrogens with zero attached hydrogens (tertiary/aromatic N) is 1. The number of amides is 1. The second-order valence-corrected chi connectivity index (χ2v) is 9.46. The van der Waals surface area contributed by atoms with Crippen molar-refractivity contribution in [1.29, 1.82) is 0 Å². The number of sulfone groups is 1. The van der Waals surface area contributed by atoms with Crippen LogP contribution in [0.2, 0.25) is 5.02 Å². The number of carbonyl (C=O) groups is 1. The van der Waals surface area contributed by atoms with Crippen molar-refractivity contribution in [1.82, 2.24) is 10.3 Å². The van der Waals surface area contributed by atoms with E-state index in [0.29, 0.717) is 22.4 Å². The monoisotopic (exact) mass is 435 g/mol. The average molecular weight is 436 g/mol. The highest BCUT2D eigenvalue weighted by atomic mass is 35.5. The number of thiazole rings is 1. The van der Waals surface area contributed by atoms with E-state index in [-0.39, 0.29) is 17.2 Å². The highest BCUT2D eigenvalue weighted by Gasteiger charge is 2.09. The number of rotatable bonds is 7. The van der Waals surface area contributed by atoms with Crippen molar-refractivity contribution < 1.29 is 13.2 Å². The van der Waals surface area contributed by atoms with E-state index in [4.69, 9.17) is 11.6 Å². The number of benzene rings is 2. The summed E-state index contributed by atoms with van der Waals surface area (Å²) in [4.78, 5) is 16.8. The maximum Gasteiger partial charge on any atom is 0.226 e. The van der Waals surface area contributed by atoms with Gasteiger partial charge in [0.1, 0.15) is 0 Å². The zero-order chi connectivity index (χ0) is 20.1. The molecule has 1 amide bonds. The Kier molecular flexibility index (Phi) is 6.33. The van der Waals surface area contributed by atoms with Gasteiger partial charge in [0.05, 0.1) is 17.0 Å². The van der Waals surface area contributed by atoms with Gasteiger partial charge in [0.25, 0.3) is 0 Å². The lowest BCUT2D eigenvalue weighted by atomic mass is 10.2. The van der Waals surface area contributed by atoms with Crippen LogP contribution < -0.4 is 10.6 Å². The topological polar surface area (TPSA) is 88.2 Å². The molecule has 0 aliphatic rings. The van der Waals surface area contributed by atoms with Gasteiger partial charge in [-0.05, 0) is 42.0 Å². The summed E-state index contributed by atoms with van der Waals surface area (Å²) < 4.78 is 23.0. The van der Waals surface area contributed by atoms with Gasteiger partial charge in [0.2, 0.25) is 5.91 Å². The van der Waals surface area contributed by atoms with Crippen LogP contribution in [0.5, 0.6) is 0 Å². The van der Waals surface area contributed by atoms with Crippen LogP contribution in [0.1, 0.15) is 11.3 Å². The molecule has 0 spiro atoms. The summed E-state index contributed by atoms with van der Waals surface area (Å²) in [7, 11) is -3.22. The second-order valence-electron chi connectivity index (χ2n) is 6.15. The van der Waals surface area contributed by atoms with Crippen molar-refractivity contribution in [3.05, 3.63) is 70.2 Å². The molecule has 0 fully saturated rings. The molecule has 2 aromatic carbocycles. The van der Waals surface area contributed by atoms with E-state index < -0.39 is 9.84 Å². The fraction of sp³-hybridized carbons (Fsp3) is 0.158. The lowest BCUT2D eigenvalue weighted by molar-refractivity contribution is -0.120. The van der Waals surface area contributed by atoms with Crippen LogP contribution in [-0.4, -0.2) is 25.6 Å². The Labute approximate surface area is 172 Å². The average Bonchev–Trinajstić information content (AvgIpc) is 3.07. The summed E-state index contributed by atoms with van der Waals surface area (Å²) >= 11 is 7.22. The number of nitrogens with one attached hydrogen (secondary N) is 2. The van der Waals surface area contributed by atoms with Gasteiger partial charge in [-0.3, -0.25) is 4.79 Å². The molecule has 1 heterocycles. The minimum absolute atomic E-state index is 0.121. The summed E-state index contributed by atoms with van der Waals surface area (Å²) in [5.74, 6) is -0.121. The van der Waals surface area contributed by atoms with Gasteiger partial charge in [0.15, 0.2) is 15.0 Å². The zero-order valence-corrected chi connectivity index (χ0v) is 17.4. The number of aromatic nitrogens is 1. The molecule has 2 N–H and O–H groups in total. The van der Waals surface area contributed by atoms with E-state index in [2.05, 4.69) is 15.6 Å². The summed E-state index contributed by atoms with van der Waals surface area (Å²) in [6, 6.07) is 13.7. The van der Waals surface area contributed by atoms with Gasteiger partial charge >= 0.3 is 0 Å². The quantitative estimate of drug-likeness (QED) is 0.589. The van der Waals surface area contributed by atoms with Gasteiger partial charge < -0.3 is 10.6 Å². The minimum atomic E-state index is -3.22. The Morgan fingerprint density at radius 1 is 1.11 bits per heavy atom. The molecule has 6 nitrogen and oxygen atoms in total. The number of anilines is 2. The Balaban J connectivity index is 1.53. The Morgan fingerprint density at radius 3 is 2.43 bits per heavy atom. The summed E-state index contributed by atoms with van der Waals surface area (Å²) in [6.07, 6.45) is 1.35. The van der Waals surface area contributed by atoms with Crippen molar-refractivity contribution in [3.63, 3.8) is 0 Å². The van der Waals surface area contributed by atoms with Crippen molar-refractivity contribution >= 4 is 49.5 Å². The van der Waals surface area contributed by atoms with Crippen LogP contribution in [0.3, 0.4) is 0 Å². The first kappa shape index (κ1) is 20.3. The molecule has 0 saturated heterocycles. The van der Waals surface area contributed by atoms with E-state index in [1.54, 1.807) is 24.3 Å². The number of hydrogen-bond donors (Lipinski definition) is 2. The summed E-state index contributed by atoms with van der Waals surface area (Å²) in [6.45, 7) is 0.429. The van der Waals surface area contributed by atoms with E-state index in [1.165, 1.54) is 29.7 Å². The summed E-state index contributed by atoms with van der Waals surface area (Å²) in [5, 5.41) is 9.06. The largest absolute Gasteiger partial charge is 0.352 e. The predicted molar refractivity (Wildman–Crippen MR) is 112 cm³/mol. The van der Waals surface area contributed by atoms with Gasteiger partial charge in [-0.15, -0.1) is 11.3 Å². The molecule has 0 saturated carbocycles. The number of hydrogen-bond acceptors (Lipinski definition) is 6. The molecule has 0 unspecified atom stereocenters. The highest BCUT2D eigenvalue weighted by Crippen LogP contribution is 2.22. The minimum Gasteiger partial charge on any atom is -0.352 e. The highest BCUT2D eigenvalue weighted by molar-refractivity contribution is 7.90. The Hall–Kier alpha value is -2.42. The summed E-state index contributed by atoms with van der Waals surface area (Å²) in [5.41, 5.74) is 2.35. The molecule has 9 heteroatoms. The first-order valence-electron chi connectivity index (χ1n) is 8.32. The molecule has 0 aliphatic heterocycles. The van der Waals surface area contributed by atoms with Gasteiger partial charge in [0, 0.05) is 28.9 Å². The van der Waals surface area contributed by atoms with E-state index >= 15 is 0 Å². The van der Waals surface area contributed by atoms with Crippen molar-refractivity contribution in [2.45, 2.75) is 17.9 Å². The molecule has 0 aliphatic carbocycles. The van der Waals surface area contributed by atoms with Crippen LogP contribution in [0.4, 0.5) is 10.8 Å². The maximum atomic E-state index is 12.1. The third kappa shape index (κ3) is 5.79. The fourth-order valence-corrected chi connectivity index (χ4v) is 3.87. The molecule has 3 rings (SSSR count). The van der Waals surface area contributed by atoms with Crippen LogP contribution >= 0.6 is 22.9 Å². The van der Waals surface area contributed by atoms with Crippen molar-refractivity contribution in [2.75, 3.05) is 11.6 Å². The number of carbonyl (C=O) groups excluding carboxylic acids is 1. The molecule has 146 valence electrons. The predicted octanol–water partition coefficient (Wildman–Crippen LogP) is 3.80. The van der Waals surface area contributed by atoms with E-state index in [1.807, 2.05) is 17.5 Å². The fourth-order valence-electron chi connectivity index (χ4n) is 2.38. The van der Waals surface area contributed by atoms with Crippen LogP contribution in [-0.2, 0) is 27.6 Å². The third-order valence-corrected chi connectivity index (χ3v) is 6.02.